The van der Waals surface area contributed by atoms with E-state index in [0.29, 0.717) is 12.1 Å². The van der Waals surface area contributed by atoms with E-state index in [1.807, 2.05) is 66.7 Å². The number of hydrogen-bond donors (Lipinski definition) is 1. The van der Waals surface area contributed by atoms with Crippen LogP contribution in [-0.2, 0) is 6.42 Å². The third-order valence-corrected chi connectivity index (χ3v) is 4.65. The highest BCUT2D eigenvalue weighted by Crippen LogP contribution is 2.23. The summed E-state index contributed by atoms with van der Waals surface area (Å²) >= 11 is 0. The van der Waals surface area contributed by atoms with Gasteiger partial charge in [0.25, 0.3) is 5.91 Å². The summed E-state index contributed by atoms with van der Waals surface area (Å²) < 4.78 is 0. The molecule has 0 fully saturated rings. The van der Waals surface area contributed by atoms with Crippen LogP contribution in [0.15, 0.2) is 91.1 Å². The topological polar surface area (TPSA) is 42.0 Å². The van der Waals surface area contributed by atoms with Crippen molar-refractivity contribution in [3.05, 3.63) is 102 Å². The summed E-state index contributed by atoms with van der Waals surface area (Å²) in [4.78, 5) is 17.2. The van der Waals surface area contributed by atoms with Gasteiger partial charge in [0, 0.05) is 23.7 Å². The normalized spacial score (nSPS) is 10.7. The van der Waals surface area contributed by atoms with Crippen LogP contribution in [0.3, 0.4) is 0 Å². The van der Waals surface area contributed by atoms with Crippen molar-refractivity contribution in [3.63, 3.8) is 0 Å². The first-order valence-electron chi connectivity index (χ1n) is 9.08. The molecule has 0 aliphatic heterocycles. The third-order valence-electron chi connectivity index (χ3n) is 4.65. The number of aromatic nitrogens is 1. The number of hydrogen-bond acceptors (Lipinski definition) is 2. The maximum Gasteiger partial charge on any atom is 0.251 e. The van der Waals surface area contributed by atoms with Gasteiger partial charge in [-0.05, 0) is 35.2 Å². The van der Waals surface area contributed by atoms with Gasteiger partial charge in [0.1, 0.15) is 0 Å². The Bertz CT molecular complexity index is 1070. The molecule has 1 heterocycles. The van der Waals surface area contributed by atoms with Crippen molar-refractivity contribution < 1.29 is 4.79 Å². The molecular formula is C24H20N2O. The quantitative estimate of drug-likeness (QED) is 0.556. The molecule has 1 aromatic heterocycles. The Labute approximate surface area is 158 Å². The molecular weight excluding hydrogens is 332 g/mol. The van der Waals surface area contributed by atoms with Crippen LogP contribution in [0, 0.1) is 0 Å². The van der Waals surface area contributed by atoms with Crippen LogP contribution in [0.1, 0.15) is 15.9 Å². The lowest BCUT2D eigenvalue weighted by Crippen LogP contribution is -2.26. The minimum absolute atomic E-state index is 0.0531. The molecule has 1 N–H and O–H groups in total. The molecule has 0 saturated heterocycles. The lowest BCUT2D eigenvalue weighted by molar-refractivity contribution is 0.0955. The average molecular weight is 352 g/mol. The first-order chi connectivity index (χ1) is 13.3. The van der Waals surface area contributed by atoms with Gasteiger partial charge in [-0.25, -0.2) is 0 Å². The number of para-hydroxylation sites is 1. The summed E-state index contributed by atoms with van der Waals surface area (Å²) in [6.45, 7) is 0.567. The van der Waals surface area contributed by atoms with E-state index >= 15 is 0 Å². The molecule has 27 heavy (non-hydrogen) atoms. The van der Waals surface area contributed by atoms with Crippen LogP contribution < -0.4 is 5.32 Å². The van der Waals surface area contributed by atoms with Crippen molar-refractivity contribution >= 4 is 16.8 Å². The fraction of sp³-hybridized carbons (Fsp3) is 0.0833. The predicted octanol–water partition coefficient (Wildman–Crippen LogP) is 4.87. The number of carbonyl (C=O) groups excluding carboxylic acids is 1. The van der Waals surface area contributed by atoms with Crippen LogP contribution in [0.25, 0.3) is 22.0 Å². The molecule has 3 nitrogen and oxygen atoms in total. The lowest BCUT2D eigenvalue weighted by atomic mass is 9.99. The van der Waals surface area contributed by atoms with Crippen molar-refractivity contribution in [3.8, 4) is 11.1 Å². The second kappa shape index (κ2) is 7.83. The molecule has 0 unspecified atom stereocenters. The van der Waals surface area contributed by atoms with Gasteiger partial charge in [0.15, 0.2) is 0 Å². The smallest absolute Gasteiger partial charge is 0.251 e. The second-order valence-corrected chi connectivity index (χ2v) is 6.41. The molecule has 0 aliphatic carbocycles. The van der Waals surface area contributed by atoms with Crippen LogP contribution >= 0.6 is 0 Å². The largest absolute Gasteiger partial charge is 0.352 e. The molecule has 4 aromatic rings. The number of amides is 1. The van der Waals surface area contributed by atoms with E-state index in [1.165, 1.54) is 0 Å². The molecule has 0 atom stereocenters. The highest BCUT2D eigenvalue weighted by molar-refractivity contribution is 6.00. The van der Waals surface area contributed by atoms with Gasteiger partial charge in [-0.15, -0.1) is 0 Å². The van der Waals surface area contributed by atoms with Crippen molar-refractivity contribution in [2.24, 2.45) is 0 Å². The van der Waals surface area contributed by atoms with Crippen molar-refractivity contribution in [1.82, 2.24) is 10.3 Å². The lowest BCUT2D eigenvalue weighted by Gasteiger charge is -2.11. The van der Waals surface area contributed by atoms with Crippen LogP contribution in [0.4, 0.5) is 0 Å². The van der Waals surface area contributed by atoms with Gasteiger partial charge in [0.05, 0.1) is 5.52 Å². The zero-order valence-electron chi connectivity index (χ0n) is 14.9. The molecule has 3 aromatic carbocycles. The number of rotatable bonds is 5. The van der Waals surface area contributed by atoms with E-state index in [2.05, 4.69) is 28.5 Å². The molecule has 4 rings (SSSR count). The van der Waals surface area contributed by atoms with Crippen LogP contribution in [0.2, 0.25) is 0 Å². The molecule has 0 aliphatic rings. The molecule has 3 heteroatoms. The number of benzene rings is 3. The number of nitrogens with zero attached hydrogens (tertiary/aromatic N) is 1. The fourth-order valence-electron chi connectivity index (χ4n) is 3.33. The van der Waals surface area contributed by atoms with Crippen LogP contribution in [0.5, 0.6) is 0 Å². The monoisotopic (exact) mass is 352 g/mol. The summed E-state index contributed by atoms with van der Waals surface area (Å²) in [6, 6.07) is 27.9. The Kier molecular flexibility index (Phi) is 4.93. The molecule has 0 radical (unpaired) electrons. The summed E-state index contributed by atoms with van der Waals surface area (Å²) in [7, 11) is 0. The van der Waals surface area contributed by atoms with Crippen molar-refractivity contribution in [2.75, 3.05) is 6.54 Å². The third kappa shape index (κ3) is 3.72. The zero-order valence-corrected chi connectivity index (χ0v) is 14.9. The van der Waals surface area contributed by atoms with Gasteiger partial charge in [-0.1, -0.05) is 72.8 Å². The van der Waals surface area contributed by atoms with Gasteiger partial charge in [0.2, 0.25) is 0 Å². The summed E-state index contributed by atoms with van der Waals surface area (Å²) in [6.07, 6.45) is 2.55. The van der Waals surface area contributed by atoms with E-state index in [9.17, 15) is 4.79 Å². The van der Waals surface area contributed by atoms with E-state index < -0.39 is 0 Å². The highest BCUT2D eigenvalue weighted by Gasteiger charge is 2.12. The molecule has 0 bridgehead atoms. The Hall–Kier alpha value is -3.46. The highest BCUT2D eigenvalue weighted by atomic mass is 16.1. The Morgan fingerprint density at radius 3 is 2.48 bits per heavy atom. The Morgan fingerprint density at radius 2 is 1.59 bits per heavy atom. The first kappa shape index (κ1) is 17.0. The maximum atomic E-state index is 12.8. The number of fused-ring (bicyclic) bond motifs is 1. The van der Waals surface area contributed by atoms with Crippen molar-refractivity contribution in [2.45, 2.75) is 6.42 Å². The molecule has 0 spiro atoms. The minimum atomic E-state index is -0.0531. The summed E-state index contributed by atoms with van der Waals surface area (Å²) in [5, 5.41) is 4.18. The minimum Gasteiger partial charge on any atom is -0.352 e. The Balaban J connectivity index is 1.49. The van der Waals surface area contributed by atoms with Crippen molar-refractivity contribution in [1.29, 1.82) is 0 Å². The maximum absolute atomic E-state index is 12.8. The SMILES string of the molecule is O=C(NCCc1cccc2cccnc12)c1ccccc1-c1ccccc1. The predicted molar refractivity (Wildman–Crippen MR) is 110 cm³/mol. The zero-order chi connectivity index (χ0) is 18.5. The van der Waals surface area contributed by atoms with Gasteiger partial charge >= 0.3 is 0 Å². The first-order valence-corrected chi connectivity index (χ1v) is 9.08. The van der Waals surface area contributed by atoms with E-state index in [-0.39, 0.29) is 5.91 Å². The van der Waals surface area contributed by atoms with Gasteiger partial charge < -0.3 is 5.32 Å². The van der Waals surface area contributed by atoms with Gasteiger partial charge in [-0.3, -0.25) is 9.78 Å². The number of carbonyl (C=O) groups is 1. The van der Waals surface area contributed by atoms with Crippen LogP contribution in [-0.4, -0.2) is 17.4 Å². The van der Waals surface area contributed by atoms with E-state index in [1.54, 1.807) is 6.20 Å². The summed E-state index contributed by atoms with van der Waals surface area (Å²) in [5.74, 6) is -0.0531. The Morgan fingerprint density at radius 1 is 0.815 bits per heavy atom. The standard InChI is InChI=1S/C24H20N2O/c27-24(22-14-5-4-13-21(22)18-8-2-1-3-9-18)26-17-15-20-11-6-10-19-12-7-16-25-23(19)20/h1-14,16H,15,17H2,(H,26,27). The average Bonchev–Trinajstić information content (AvgIpc) is 2.74. The summed E-state index contributed by atoms with van der Waals surface area (Å²) in [5.41, 5.74) is 4.83. The van der Waals surface area contributed by atoms with E-state index in [4.69, 9.17) is 0 Å². The van der Waals surface area contributed by atoms with Gasteiger partial charge in [-0.2, -0.15) is 0 Å². The number of pyridine rings is 1. The molecule has 0 saturated carbocycles. The second-order valence-electron chi connectivity index (χ2n) is 6.41. The fourth-order valence-corrected chi connectivity index (χ4v) is 3.33. The van der Waals surface area contributed by atoms with E-state index in [0.717, 1.165) is 34.0 Å². The molecule has 132 valence electrons. The molecule has 1 amide bonds. The number of nitrogens with one attached hydrogen (secondary N) is 1.